The van der Waals surface area contributed by atoms with Gasteiger partial charge in [-0.25, -0.2) is 4.98 Å². The molecule has 0 spiro atoms. The van der Waals surface area contributed by atoms with E-state index in [1.165, 1.54) is 38.9 Å². The summed E-state index contributed by atoms with van der Waals surface area (Å²) < 4.78 is 13.2. The van der Waals surface area contributed by atoms with Gasteiger partial charge in [-0.05, 0) is 96.2 Å². The van der Waals surface area contributed by atoms with Gasteiger partial charge < -0.3 is 13.9 Å². The van der Waals surface area contributed by atoms with Crippen molar-refractivity contribution in [2.75, 3.05) is 0 Å². The van der Waals surface area contributed by atoms with Crippen LogP contribution in [0.25, 0.3) is 94.5 Å². The van der Waals surface area contributed by atoms with Gasteiger partial charge in [-0.1, -0.05) is 168 Å². The number of fused-ring (bicyclic) bond motifs is 12. The van der Waals surface area contributed by atoms with Gasteiger partial charge in [0, 0.05) is 49.8 Å². The summed E-state index contributed by atoms with van der Waals surface area (Å²) in [5.41, 5.74) is 17.8. The Morgan fingerprint density at radius 1 is 0.485 bits per heavy atom. The minimum Gasteiger partial charge on any atom is -0.510 e. The molecule has 0 N–H and O–H groups in total. The first-order valence-corrected chi connectivity index (χ1v) is 23.0. The topological polar surface area (TPSA) is 35.9 Å². The molecule has 0 unspecified atom stereocenters. The molecule has 1 aliphatic carbocycles. The molecule has 6 heteroatoms. The second-order valence-corrected chi connectivity index (χ2v) is 19.7. The molecule has 0 atom stereocenters. The maximum atomic E-state index is 6.71. The van der Waals surface area contributed by atoms with Crippen LogP contribution < -0.4 is 9.30 Å². The maximum Gasteiger partial charge on any atom is 0.268 e. The zero-order chi connectivity index (χ0) is 45.6. The van der Waals surface area contributed by atoms with Crippen molar-refractivity contribution in [3.05, 3.63) is 212 Å². The molecular weight excluding hydrogens is 1010 g/mol. The summed E-state index contributed by atoms with van der Waals surface area (Å²) in [6, 6.07) is 69.7. The summed E-state index contributed by atoms with van der Waals surface area (Å²) in [5.74, 6) is 1.96. The fourth-order valence-corrected chi connectivity index (χ4v) is 9.82. The molecule has 0 aliphatic heterocycles. The third-order valence-corrected chi connectivity index (χ3v) is 13.3. The molecule has 3 heterocycles. The van der Waals surface area contributed by atoms with Crippen LogP contribution >= 0.6 is 0 Å². The maximum absolute atomic E-state index is 6.71. The Morgan fingerprint density at radius 2 is 1.03 bits per heavy atom. The smallest absolute Gasteiger partial charge is 0.268 e. The number of imidazole rings is 1. The fraction of sp³-hybridized carbons (Fsp3) is 0.129. The van der Waals surface area contributed by atoms with Gasteiger partial charge in [0.05, 0.1) is 16.7 Å². The molecule has 0 fully saturated rings. The SMILES string of the molecule is CC(C)(C)c1cc(-[n+]2[c-]n(-c3[c-]c(Oc4[c-]c5c(cc4)c4ccccc4n5-c4cc5c(cn4)-c4ccccc4-c4ccccc4-c4ccccc4-5)ccc3)c3ccccc32)cc(C(C)(C)C)c1.[Pt]. The number of ether oxygens (including phenoxy) is 1. The van der Waals surface area contributed by atoms with E-state index in [9.17, 15) is 0 Å². The average molecular weight is 1060 g/mol. The van der Waals surface area contributed by atoms with E-state index in [4.69, 9.17) is 9.72 Å². The van der Waals surface area contributed by atoms with Gasteiger partial charge in [0.15, 0.2) is 0 Å². The molecule has 12 rings (SSSR count). The summed E-state index contributed by atoms with van der Waals surface area (Å²) in [6.45, 7) is 13.6. The quantitative estimate of drug-likeness (QED) is 0.127. The second kappa shape index (κ2) is 16.5. The minimum atomic E-state index is -0.0224. The van der Waals surface area contributed by atoms with Crippen molar-refractivity contribution >= 4 is 32.8 Å². The van der Waals surface area contributed by atoms with Gasteiger partial charge in [-0.15, -0.1) is 29.7 Å². The number of nitrogens with zero attached hydrogens (tertiary/aromatic N) is 4. The predicted octanol–water partition coefficient (Wildman–Crippen LogP) is 15.2. The molecule has 11 aromatic rings. The molecule has 8 aromatic carbocycles. The number of rotatable bonds is 5. The number of pyridine rings is 1. The number of hydrogen-bond donors (Lipinski definition) is 0. The molecule has 68 heavy (non-hydrogen) atoms. The molecule has 3 aromatic heterocycles. The monoisotopic (exact) mass is 1060 g/mol. The Kier molecular flexibility index (Phi) is 10.5. The van der Waals surface area contributed by atoms with Crippen LogP contribution in [0.1, 0.15) is 52.7 Å². The zero-order valence-corrected chi connectivity index (χ0v) is 41.1. The number of para-hydroxylation sites is 3. The van der Waals surface area contributed by atoms with Crippen molar-refractivity contribution in [1.82, 2.24) is 14.1 Å². The van der Waals surface area contributed by atoms with Gasteiger partial charge in [0.2, 0.25) is 0 Å². The van der Waals surface area contributed by atoms with Crippen LogP contribution in [-0.2, 0) is 31.9 Å². The second-order valence-electron chi connectivity index (χ2n) is 19.7. The Balaban J connectivity index is 0.00000507. The van der Waals surface area contributed by atoms with Crippen LogP contribution in [0.15, 0.2) is 182 Å². The zero-order valence-electron chi connectivity index (χ0n) is 38.8. The fourth-order valence-electron chi connectivity index (χ4n) is 9.82. The van der Waals surface area contributed by atoms with E-state index >= 15 is 0 Å². The van der Waals surface area contributed by atoms with E-state index in [0.717, 1.165) is 66.7 Å². The molecule has 0 bridgehead atoms. The number of hydrogen-bond acceptors (Lipinski definition) is 2. The molecule has 0 saturated carbocycles. The minimum absolute atomic E-state index is 0. The summed E-state index contributed by atoms with van der Waals surface area (Å²) in [5, 5.41) is 2.19. The van der Waals surface area contributed by atoms with E-state index in [2.05, 4.69) is 231 Å². The van der Waals surface area contributed by atoms with Gasteiger partial charge in [-0.2, -0.15) is 18.2 Å². The number of benzene rings is 8. The Labute approximate surface area is 412 Å². The summed E-state index contributed by atoms with van der Waals surface area (Å²) in [6.07, 6.45) is 5.76. The third kappa shape index (κ3) is 7.28. The van der Waals surface area contributed by atoms with E-state index in [1.54, 1.807) is 0 Å². The van der Waals surface area contributed by atoms with Gasteiger partial charge in [0.1, 0.15) is 5.82 Å². The first-order valence-electron chi connectivity index (χ1n) is 23.0. The molecule has 5 nitrogen and oxygen atoms in total. The predicted molar refractivity (Wildman–Crippen MR) is 273 cm³/mol. The summed E-state index contributed by atoms with van der Waals surface area (Å²) >= 11 is 0. The van der Waals surface area contributed by atoms with Crippen molar-refractivity contribution < 1.29 is 30.4 Å². The van der Waals surface area contributed by atoms with Crippen LogP contribution in [0.2, 0.25) is 0 Å². The van der Waals surface area contributed by atoms with Crippen LogP contribution in [0.3, 0.4) is 0 Å². The van der Waals surface area contributed by atoms with Crippen molar-refractivity contribution in [1.29, 1.82) is 0 Å². The molecule has 0 amide bonds. The van der Waals surface area contributed by atoms with Gasteiger partial charge >= 0.3 is 0 Å². The van der Waals surface area contributed by atoms with Gasteiger partial charge in [0.25, 0.3) is 6.33 Å². The largest absolute Gasteiger partial charge is 0.510 e. The molecule has 334 valence electrons. The van der Waals surface area contributed by atoms with Crippen LogP contribution in [0.5, 0.6) is 11.5 Å². The van der Waals surface area contributed by atoms with Crippen molar-refractivity contribution in [2.24, 2.45) is 0 Å². The van der Waals surface area contributed by atoms with E-state index < -0.39 is 0 Å². The van der Waals surface area contributed by atoms with E-state index in [0.29, 0.717) is 11.5 Å². The van der Waals surface area contributed by atoms with Crippen molar-refractivity contribution in [2.45, 2.75) is 52.4 Å². The average Bonchev–Trinajstić information content (AvgIpc) is 3.89. The van der Waals surface area contributed by atoms with Crippen molar-refractivity contribution in [3.8, 4) is 73.2 Å². The van der Waals surface area contributed by atoms with Gasteiger partial charge in [-0.3, -0.25) is 4.57 Å². The van der Waals surface area contributed by atoms with Crippen LogP contribution in [0.4, 0.5) is 0 Å². The van der Waals surface area contributed by atoms with E-state index in [1.807, 2.05) is 24.4 Å². The Hall–Kier alpha value is -7.33. The molecular formula is C62H48N4OPt-2. The van der Waals surface area contributed by atoms with Crippen molar-refractivity contribution in [3.63, 3.8) is 0 Å². The molecule has 0 radical (unpaired) electrons. The normalized spacial score (nSPS) is 12.1. The first-order chi connectivity index (χ1) is 32.5. The number of aromatic nitrogens is 4. The first kappa shape index (κ1) is 43.3. The molecule has 1 aliphatic rings. The third-order valence-electron chi connectivity index (χ3n) is 13.3. The van der Waals surface area contributed by atoms with Crippen LogP contribution in [0, 0.1) is 18.5 Å². The summed E-state index contributed by atoms with van der Waals surface area (Å²) in [7, 11) is 0. The van der Waals surface area contributed by atoms with Crippen LogP contribution in [-0.4, -0.2) is 14.1 Å². The standard InChI is InChI=1S/C62H48N4O.Pt/c1-61(2,3)40-32-41(62(4,5)6)34-43(33-40)65-39-64(57-28-15-16-29-58(57)65)42-18-17-19-44(35-42)67-45-30-31-53-52-26-13-14-27-56(52)66(59(53)36-45)60-37-54-50-24-11-9-22-48(50)46-20-7-8-21-47(46)49-23-10-12-25-51(49)55(54)38-63-60;/h7-34,37-38H,1-6H3;/q-2;. The molecule has 0 saturated heterocycles. The Morgan fingerprint density at radius 3 is 1.66 bits per heavy atom. The van der Waals surface area contributed by atoms with E-state index in [-0.39, 0.29) is 31.9 Å². The summed E-state index contributed by atoms with van der Waals surface area (Å²) in [4.78, 5) is 5.26. The Bertz CT molecular complexity index is 3730.